The van der Waals surface area contributed by atoms with Crippen molar-refractivity contribution in [2.45, 2.75) is 38.9 Å². The molecule has 2 fully saturated rings. The van der Waals surface area contributed by atoms with Crippen LogP contribution in [0.15, 0.2) is 24.3 Å². The molecule has 2 nitrogen and oxygen atoms in total. The molecule has 110 valence electrons. The molecule has 1 saturated heterocycles. The second kappa shape index (κ2) is 6.23. The van der Waals surface area contributed by atoms with Gasteiger partial charge in [-0.15, -0.1) is 0 Å². The fourth-order valence-corrected chi connectivity index (χ4v) is 3.36. The Hall–Kier alpha value is -0.930. The molecule has 0 N–H and O–H groups in total. The maximum atomic E-state index is 12.9. The fraction of sp³-hybridized carbons (Fsp3) is 0.647. The van der Waals surface area contributed by atoms with E-state index in [1.54, 1.807) is 12.1 Å². The SMILES string of the molecule is CC1CCC(C2COC(c3ccc(F)cc3)OC2)CC1. The Morgan fingerprint density at radius 1 is 0.900 bits per heavy atom. The lowest BCUT2D eigenvalue weighted by atomic mass is 9.76. The van der Waals surface area contributed by atoms with Crippen LogP contribution >= 0.6 is 0 Å². The van der Waals surface area contributed by atoms with Crippen molar-refractivity contribution in [1.29, 1.82) is 0 Å². The van der Waals surface area contributed by atoms with Gasteiger partial charge < -0.3 is 9.47 Å². The first kappa shape index (κ1) is 14.0. The summed E-state index contributed by atoms with van der Waals surface area (Å²) in [7, 11) is 0. The van der Waals surface area contributed by atoms with Crippen LogP contribution in [0.1, 0.15) is 44.5 Å². The highest BCUT2D eigenvalue weighted by Crippen LogP contribution is 2.36. The average Bonchev–Trinajstić information content (AvgIpc) is 2.49. The van der Waals surface area contributed by atoms with Crippen LogP contribution in [0.5, 0.6) is 0 Å². The number of rotatable bonds is 2. The van der Waals surface area contributed by atoms with E-state index in [-0.39, 0.29) is 12.1 Å². The molecule has 3 rings (SSSR count). The number of hydrogen-bond donors (Lipinski definition) is 0. The fourth-order valence-electron chi connectivity index (χ4n) is 3.36. The first-order chi connectivity index (χ1) is 9.72. The maximum absolute atomic E-state index is 12.9. The third-order valence-electron chi connectivity index (χ3n) is 4.79. The highest BCUT2D eigenvalue weighted by atomic mass is 19.1. The monoisotopic (exact) mass is 278 g/mol. The molecule has 0 unspecified atom stereocenters. The Morgan fingerprint density at radius 3 is 2.10 bits per heavy atom. The van der Waals surface area contributed by atoms with Gasteiger partial charge >= 0.3 is 0 Å². The molecule has 0 spiro atoms. The van der Waals surface area contributed by atoms with Crippen LogP contribution in [0.4, 0.5) is 4.39 Å². The molecule has 1 aromatic carbocycles. The van der Waals surface area contributed by atoms with E-state index in [0.29, 0.717) is 5.92 Å². The summed E-state index contributed by atoms with van der Waals surface area (Å²) in [5.41, 5.74) is 0.905. The van der Waals surface area contributed by atoms with Gasteiger partial charge in [-0.1, -0.05) is 31.9 Å². The van der Waals surface area contributed by atoms with Crippen LogP contribution in [0.3, 0.4) is 0 Å². The highest BCUT2D eigenvalue weighted by Gasteiger charge is 2.31. The highest BCUT2D eigenvalue weighted by molar-refractivity contribution is 5.17. The molecule has 1 heterocycles. The van der Waals surface area contributed by atoms with E-state index in [4.69, 9.17) is 9.47 Å². The number of halogens is 1. The number of hydrogen-bond acceptors (Lipinski definition) is 2. The van der Waals surface area contributed by atoms with Crippen molar-refractivity contribution in [2.24, 2.45) is 17.8 Å². The number of ether oxygens (including phenoxy) is 2. The zero-order valence-electron chi connectivity index (χ0n) is 12.1. The smallest absolute Gasteiger partial charge is 0.183 e. The van der Waals surface area contributed by atoms with E-state index in [9.17, 15) is 4.39 Å². The van der Waals surface area contributed by atoms with Crippen LogP contribution in [0, 0.1) is 23.6 Å². The van der Waals surface area contributed by atoms with Crippen LogP contribution in [-0.2, 0) is 9.47 Å². The summed E-state index contributed by atoms with van der Waals surface area (Å²) in [6.45, 7) is 3.87. The zero-order valence-corrected chi connectivity index (χ0v) is 12.1. The molecule has 1 saturated carbocycles. The van der Waals surface area contributed by atoms with Crippen molar-refractivity contribution in [2.75, 3.05) is 13.2 Å². The Bertz CT molecular complexity index is 415. The number of benzene rings is 1. The predicted molar refractivity (Wildman–Crippen MR) is 75.7 cm³/mol. The average molecular weight is 278 g/mol. The summed E-state index contributed by atoms with van der Waals surface area (Å²) < 4.78 is 24.6. The quantitative estimate of drug-likeness (QED) is 0.802. The van der Waals surface area contributed by atoms with Crippen molar-refractivity contribution in [3.8, 4) is 0 Å². The summed E-state index contributed by atoms with van der Waals surface area (Å²) in [5, 5.41) is 0. The van der Waals surface area contributed by atoms with Gasteiger partial charge in [0.05, 0.1) is 13.2 Å². The molecule has 2 aliphatic rings. The first-order valence-electron chi connectivity index (χ1n) is 7.71. The lowest BCUT2D eigenvalue weighted by Gasteiger charge is -2.37. The van der Waals surface area contributed by atoms with Gasteiger partial charge in [-0.2, -0.15) is 0 Å². The van der Waals surface area contributed by atoms with Crippen molar-refractivity contribution in [3.05, 3.63) is 35.6 Å². The Kier molecular flexibility index (Phi) is 4.37. The minimum Gasteiger partial charge on any atom is -0.348 e. The molecule has 0 amide bonds. The molecule has 3 heteroatoms. The van der Waals surface area contributed by atoms with Crippen LogP contribution < -0.4 is 0 Å². The zero-order chi connectivity index (χ0) is 13.9. The third kappa shape index (κ3) is 3.21. The van der Waals surface area contributed by atoms with Crippen molar-refractivity contribution >= 4 is 0 Å². The van der Waals surface area contributed by atoms with Gasteiger partial charge in [-0.3, -0.25) is 0 Å². The topological polar surface area (TPSA) is 18.5 Å². The molecule has 20 heavy (non-hydrogen) atoms. The second-order valence-corrected chi connectivity index (χ2v) is 6.33. The van der Waals surface area contributed by atoms with E-state index in [0.717, 1.165) is 30.6 Å². The molecule has 1 aliphatic carbocycles. The normalized spacial score (nSPS) is 34.9. The summed E-state index contributed by atoms with van der Waals surface area (Å²) in [6.07, 6.45) is 4.96. The largest absolute Gasteiger partial charge is 0.348 e. The standard InChI is InChI=1S/C17H23FO2/c1-12-2-4-13(5-3-12)15-10-19-17(20-11-15)14-6-8-16(18)9-7-14/h6-9,12-13,15,17H,2-5,10-11H2,1H3. The van der Waals surface area contributed by atoms with Gasteiger partial charge in [0.15, 0.2) is 6.29 Å². The maximum Gasteiger partial charge on any atom is 0.183 e. The molecule has 0 atom stereocenters. The van der Waals surface area contributed by atoms with Gasteiger partial charge in [-0.05, 0) is 36.8 Å². The summed E-state index contributed by atoms with van der Waals surface area (Å²) in [6, 6.07) is 6.39. The Balaban J connectivity index is 1.53. The van der Waals surface area contributed by atoms with Crippen LogP contribution in [0.25, 0.3) is 0 Å². The predicted octanol–water partition coefficient (Wildman–Crippen LogP) is 4.31. The van der Waals surface area contributed by atoms with Gasteiger partial charge in [0.2, 0.25) is 0 Å². The van der Waals surface area contributed by atoms with Gasteiger partial charge in [0.1, 0.15) is 5.82 Å². The van der Waals surface area contributed by atoms with Crippen molar-refractivity contribution in [1.82, 2.24) is 0 Å². The lowest BCUT2D eigenvalue weighted by Crippen LogP contribution is -2.34. The summed E-state index contributed by atoms with van der Waals surface area (Å²) in [5.74, 6) is 1.93. The van der Waals surface area contributed by atoms with Gasteiger partial charge in [0.25, 0.3) is 0 Å². The molecule has 1 aromatic rings. The van der Waals surface area contributed by atoms with Crippen molar-refractivity contribution in [3.63, 3.8) is 0 Å². The summed E-state index contributed by atoms with van der Waals surface area (Å²) in [4.78, 5) is 0. The lowest BCUT2D eigenvalue weighted by molar-refractivity contribution is -0.214. The van der Waals surface area contributed by atoms with Crippen molar-refractivity contribution < 1.29 is 13.9 Å². The van der Waals surface area contributed by atoms with Gasteiger partial charge in [-0.25, -0.2) is 4.39 Å². The Morgan fingerprint density at radius 2 is 1.50 bits per heavy atom. The first-order valence-corrected chi connectivity index (χ1v) is 7.71. The van der Waals surface area contributed by atoms with E-state index >= 15 is 0 Å². The van der Waals surface area contributed by atoms with E-state index in [2.05, 4.69) is 6.92 Å². The third-order valence-corrected chi connectivity index (χ3v) is 4.79. The molecule has 1 aliphatic heterocycles. The molecular weight excluding hydrogens is 255 g/mol. The van der Waals surface area contributed by atoms with Gasteiger partial charge in [0, 0.05) is 11.5 Å². The van der Waals surface area contributed by atoms with E-state index < -0.39 is 0 Å². The molecule has 0 radical (unpaired) electrons. The second-order valence-electron chi connectivity index (χ2n) is 6.33. The molecule has 0 bridgehead atoms. The van der Waals surface area contributed by atoms with Crippen LogP contribution in [-0.4, -0.2) is 13.2 Å². The molecular formula is C17H23FO2. The minimum absolute atomic E-state index is 0.223. The van der Waals surface area contributed by atoms with Crippen LogP contribution in [0.2, 0.25) is 0 Å². The Labute approximate surface area is 120 Å². The minimum atomic E-state index is -0.325. The van der Waals surface area contributed by atoms with E-state index in [1.165, 1.54) is 37.8 Å². The summed E-state index contributed by atoms with van der Waals surface area (Å²) >= 11 is 0. The van der Waals surface area contributed by atoms with E-state index in [1.807, 2.05) is 0 Å². The molecule has 0 aromatic heterocycles.